The van der Waals surface area contributed by atoms with Crippen LogP contribution in [-0.2, 0) is 9.63 Å². The van der Waals surface area contributed by atoms with Crippen molar-refractivity contribution in [2.24, 2.45) is 5.16 Å². The van der Waals surface area contributed by atoms with Crippen LogP contribution in [0.1, 0.15) is 12.1 Å². The highest BCUT2D eigenvalue weighted by molar-refractivity contribution is 6.10. The van der Waals surface area contributed by atoms with Crippen molar-refractivity contribution in [2.45, 2.75) is 6.42 Å². The minimum absolute atomic E-state index is 0.191. The molecule has 0 unspecified atom stereocenters. The maximum absolute atomic E-state index is 10.6. The summed E-state index contributed by atoms with van der Waals surface area (Å²) in [5.74, 6) is -0.344. The third-order valence-corrected chi connectivity index (χ3v) is 1.45. The Balaban J connectivity index is 2.28. The molecule has 0 saturated carbocycles. The lowest BCUT2D eigenvalue weighted by atomic mass is 10.2. The summed E-state index contributed by atoms with van der Waals surface area (Å²) >= 11 is 0. The lowest BCUT2D eigenvalue weighted by Gasteiger charge is -1.91. The monoisotopic (exact) mass is 163 g/mol. The molecule has 60 valence electrons. The molecular weight excluding hydrogens is 158 g/mol. The molecule has 0 atom stereocenters. The van der Waals surface area contributed by atoms with Gasteiger partial charge in [-0.3, -0.25) is 0 Å². The Hall–Kier alpha value is -1.78. The Bertz CT molecular complexity index is 334. The second kappa shape index (κ2) is 2.69. The highest BCUT2D eigenvalue weighted by Gasteiger charge is 2.19. The highest BCUT2D eigenvalue weighted by Crippen LogP contribution is 2.08. The molecule has 0 spiro atoms. The molecule has 0 amide bonds. The van der Waals surface area contributed by atoms with E-state index in [9.17, 15) is 4.79 Å². The van der Waals surface area contributed by atoms with Gasteiger partial charge in [0.1, 0.15) is 12.0 Å². The van der Waals surface area contributed by atoms with Gasteiger partial charge in [-0.2, -0.15) is 0 Å². The fraction of sp³-hybridized carbons (Fsp3) is 0.143. The Morgan fingerprint density at radius 2 is 2.42 bits per heavy atom. The molecule has 5 nitrogen and oxygen atoms in total. The molecule has 12 heavy (non-hydrogen) atoms. The van der Waals surface area contributed by atoms with Crippen molar-refractivity contribution in [3.63, 3.8) is 0 Å². The minimum Gasteiger partial charge on any atom is -0.317 e. The number of oxime groups is 1. The van der Waals surface area contributed by atoms with Gasteiger partial charge in [0.15, 0.2) is 0 Å². The molecule has 2 rings (SSSR count). The highest BCUT2D eigenvalue weighted by atomic mass is 16.7. The van der Waals surface area contributed by atoms with Crippen molar-refractivity contribution in [2.75, 3.05) is 0 Å². The molecule has 1 aliphatic rings. The van der Waals surface area contributed by atoms with Gasteiger partial charge in [-0.25, -0.2) is 14.8 Å². The topological polar surface area (TPSA) is 64.4 Å². The van der Waals surface area contributed by atoms with Gasteiger partial charge in [-0.1, -0.05) is 5.16 Å². The van der Waals surface area contributed by atoms with E-state index in [1.165, 1.54) is 6.33 Å². The summed E-state index contributed by atoms with van der Waals surface area (Å²) in [6, 6.07) is 1.68. The van der Waals surface area contributed by atoms with Gasteiger partial charge >= 0.3 is 5.97 Å². The summed E-state index contributed by atoms with van der Waals surface area (Å²) < 4.78 is 0. The van der Waals surface area contributed by atoms with E-state index in [0.29, 0.717) is 11.4 Å². The van der Waals surface area contributed by atoms with E-state index >= 15 is 0 Å². The van der Waals surface area contributed by atoms with Crippen molar-refractivity contribution in [3.05, 3.63) is 24.3 Å². The first-order valence-electron chi connectivity index (χ1n) is 3.39. The first kappa shape index (κ1) is 6.90. The lowest BCUT2D eigenvalue weighted by molar-refractivity contribution is -0.140. The first-order chi connectivity index (χ1) is 5.86. The fourth-order valence-electron chi connectivity index (χ4n) is 0.906. The third kappa shape index (κ3) is 1.16. The molecule has 1 aromatic rings. The molecule has 5 heteroatoms. The predicted octanol–water partition coefficient (Wildman–Crippen LogP) is 0.128. The van der Waals surface area contributed by atoms with Crippen LogP contribution >= 0.6 is 0 Å². The Morgan fingerprint density at radius 1 is 1.50 bits per heavy atom. The normalized spacial score (nSPS) is 15.7. The Morgan fingerprint density at radius 3 is 3.00 bits per heavy atom. The average Bonchev–Trinajstić information content (AvgIpc) is 2.54. The van der Waals surface area contributed by atoms with E-state index < -0.39 is 0 Å². The first-order valence-corrected chi connectivity index (χ1v) is 3.39. The maximum Gasteiger partial charge on any atom is 0.341 e. The molecule has 0 aromatic carbocycles. The van der Waals surface area contributed by atoms with Gasteiger partial charge in [-0.15, -0.1) is 0 Å². The molecule has 0 radical (unpaired) electrons. The molecule has 0 bridgehead atoms. The summed E-state index contributed by atoms with van der Waals surface area (Å²) in [7, 11) is 0. The quantitative estimate of drug-likeness (QED) is 0.552. The van der Waals surface area contributed by atoms with Crippen molar-refractivity contribution in [1.82, 2.24) is 9.97 Å². The molecule has 1 aliphatic heterocycles. The number of hydrogen-bond donors (Lipinski definition) is 0. The largest absolute Gasteiger partial charge is 0.341 e. The van der Waals surface area contributed by atoms with Crippen molar-refractivity contribution in [1.29, 1.82) is 0 Å². The van der Waals surface area contributed by atoms with Gasteiger partial charge in [-0.05, 0) is 6.07 Å². The number of carbonyl (C=O) groups is 1. The Kier molecular flexibility index (Phi) is 1.55. The molecule has 0 N–H and O–H groups in total. The van der Waals surface area contributed by atoms with Crippen LogP contribution in [0.2, 0.25) is 0 Å². The zero-order valence-electron chi connectivity index (χ0n) is 6.10. The maximum atomic E-state index is 10.6. The van der Waals surface area contributed by atoms with Gasteiger partial charge in [0, 0.05) is 6.20 Å². The predicted molar refractivity (Wildman–Crippen MR) is 39.3 cm³/mol. The van der Waals surface area contributed by atoms with E-state index in [0.717, 1.165) is 0 Å². The van der Waals surface area contributed by atoms with E-state index in [1.54, 1.807) is 12.3 Å². The second-order valence-electron chi connectivity index (χ2n) is 2.27. The van der Waals surface area contributed by atoms with Gasteiger partial charge in [0.25, 0.3) is 0 Å². The molecule has 0 saturated heterocycles. The van der Waals surface area contributed by atoms with Crippen LogP contribution in [-0.4, -0.2) is 21.6 Å². The van der Waals surface area contributed by atoms with Gasteiger partial charge in [0.2, 0.25) is 0 Å². The van der Waals surface area contributed by atoms with E-state index in [4.69, 9.17) is 0 Å². The van der Waals surface area contributed by atoms with E-state index in [-0.39, 0.29) is 12.4 Å². The van der Waals surface area contributed by atoms with Crippen molar-refractivity contribution >= 4 is 11.7 Å². The summed E-state index contributed by atoms with van der Waals surface area (Å²) in [5.41, 5.74) is 1.19. The van der Waals surface area contributed by atoms with Crippen LogP contribution in [0.25, 0.3) is 0 Å². The molecule has 1 aromatic heterocycles. The Labute approximate surface area is 68.1 Å². The zero-order valence-corrected chi connectivity index (χ0v) is 6.10. The third-order valence-electron chi connectivity index (χ3n) is 1.45. The number of hydrogen-bond acceptors (Lipinski definition) is 5. The molecular formula is C7H5N3O2. The number of aromatic nitrogens is 2. The zero-order chi connectivity index (χ0) is 8.39. The summed E-state index contributed by atoms with van der Waals surface area (Å²) in [4.78, 5) is 22.7. The molecule has 0 fully saturated rings. The number of nitrogens with zero attached hydrogens (tertiary/aromatic N) is 3. The second-order valence-corrected chi connectivity index (χ2v) is 2.27. The SMILES string of the molecule is O=C1CC(c2ccncn2)=NO1. The molecule has 2 heterocycles. The van der Waals surface area contributed by atoms with Crippen LogP contribution in [0, 0.1) is 0 Å². The van der Waals surface area contributed by atoms with Crippen LogP contribution in [0.3, 0.4) is 0 Å². The van der Waals surface area contributed by atoms with Crippen molar-refractivity contribution < 1.29 is 9.63 Å². The summed E-state index contributed by atoms with van der Waals surface area (Å²) in [6.45, 7) is 0. The fourth-order valence-corrected chi connectivity index (χ4v) is 0.906. The molecule has 0 aliphatic carbocycles. The van der Waals surface area contributed by atoms with Crippen LogP contribution in [0.4, 0.5) is 0 Å². The summed E-state index contributed by atoms with van der Waals surface area (Å²) in [6.07, 6.45) is 3.19. The van der Waals surface area contributed by atoms with E-state index in [2.05, 4.69) is 20.0 Å². The summed E-state index contributed by atoms with van der Waals surface area (Å²) in [5, 5.41) is 3.56. The smallest absolute Gasteiger partial charge is 0.317 e. The van der Waals surface area contributed by atoms with Crippen LogP contribution in [0.15, 0.2) is 23.7 Å². The average molecular weight is 163 g/mol. The standard InChI is InChI=1S/C7H5N3O2/c11-7-3-6(10-12-7)5-1-2-8-4-9-5/h1-2,4H,3H2. The van der Waals surface area contributed by atoms with Crippen LogP contribution in [0.5, 0.6) is 0 Å². The lowest BCUT2D eigenvalue weighted by Crippen LogP contribution is -2.02. The number of carbonyl (C=O) groups excluding carboxylic acids is 1. The van der Waals surface area contributed by atoms with Gasteiger partial charge in [0.05, 0.1) is 12.1 Å². The van der Waals surface area contributed by atoms with Gasteiger partial charge < -0.3 is 4.84 Å². The number of rotatable bonds is 1. The van der Waals surface area contributed by atoms with Crippen molar-refractivity contribution in [3.8, 4) is 0 Å². The van der Waals surface area contributed by atoms with Crippen LogP contribution < -0.4 is 0 Å². The minimum atomic E-state index is -0.344. The van der Waals surface area contributed by atoms with E-state index in [1.807, 2.05) is 0 Å².